The van der Waals surface area contributed by atoms with Crippen LogP contribution in [0.4, 0.5) is 0 Å². The van der Waals surface area contributed by atoms with E-state index in [-0.39, 0.29) is 0 Å². The highest BCUT2D eigenvalue weighted by molar-refractivity contribution is 6.20. The first-order valence-electron chi connectivity index (χ1n) is 8.88. The summed E-state index contributed by atoms with van der Waals surface area (Å²) in [5.41, 5.74) is 4.91. The summed E-state index contributed by atoms with van der Waals surface area (Å²) in [5, 5.41) is 0.412. The van der Waals surface area contributed by atoms with Crippen molar-refractivity contribution in [1.82, 2.24) is 4.90 Å². The van der Waals surface area contributed by atoms with Crippen LogP contribution in [0.15, 0.2) is 35.9 Å². The molecule has 2 heteroatoms. The highest BCUT2D eigenvalue weighted by Crippen LogP contribution is 2.48. The Morgan fingerprint density at radius 2 is 1.68 bits per heavy atom. The number of halogens is 1. The van der Waals surface area contributed by atoms with Crippen molar-refractivity contribution in [3.05, 3.63) is 41.5 Å². The maximum absolute atomic E-state index is 6.35. The second kappa shape index (κ2) is 6.02. The first-order chi connectivity index (χ1) is 10.7. The molecule has 118 valence electrons. The van der Waals surface area contributed by atoms with Gasteiger partial charge in [-0.1, -0.05) is 30.3 Å². The number of likely N-dealkylation sites (N-methyl/N-ethyl adjacent to an activating group) is 1. The molecule has 4 rings (SSSR count). The quantitative estimate of drug-likeness (QED) is 0.686. The van der Waals surface area contributed by atoms with Crippen LogP contribution in [0.1, 0.15) is 50.5 Å². The molecule has 22 heavy (non-hydrogen) atoms. The van der Waals surface area contributed by atoms with E-state index in [0.29, 0.717) is 11.4 Å². The Kier molecular flexibility index (Phi) is 4.04. The van der Waals surface area contributed by atoms with Gasteiger partial charge in [-0.05, 0) is 74.6 Å². The predicted molar refractivity (Wildman–Crippen MR) is 94.2 cm³/mol. The zero-order valence-corrected chi connectivity index (χ0v) is 14.2. The molecule has 2 fully saturated rings. The van der Waals surface area contributed by atoms with Gasteiger partial charge in [0, 0.05) is 17.5 Å². The lowest BCUT2D eigenvalue weighted by atomic mass is 9.75. The Balaban J connectivity index is 1.74. The summed E-state index contributed by atoms with van der Waals surface area (Å²) in [6, 6.07) is 12.6. The van der Waals surface area contributed by atoms with E-state index in [1.54, 1.807) is 11.1 Å². The fourth-order valence-electron chi connectivity index (χ4n) is 4.99. The topological polar surface area (TPSA) is 3.24 Å². The molecule has 2 heterocycles. The first kappa shape index (κ1) is 14.8. The fourth-order valence-corrected chi connectivity index (χ4v) is 5.25. The van der Waals surface area contributed by atoms with Crippen LogP contribution in [-0.2, 0) is 0 Å². The molecule has 0 amide bonds. The number of benzene rings is 1. The van der Waals surface area contributed by atoms with Crippen molar-refractivity contribution in [2.45, 2.75) is 62.4 Å². The summed E-state index contributed by atoms with van der Waals surface area (Å²) in [5.74, 6) is 0.761. The number of fused-ring (bicyclic) bond motifs is 2. The van der Waals surface area contributed by atoms with E-state index in [4.69, 9.17) is 11.6 Å². The lowest BCUT2D eigenvalue weighted by Crippen LogP contribution is -2.40. The zero-order valence-electron chi connectivity index (χ0n) is 13.5. The molecule has 2 bridgehead atoms. The first-order valence-corrected chi connectivity index (χ1v) is 9.32. The molecular formula is C20H26ClN. The van der Waals surface area contributed by atoms with Gasteiger partial charge in [0.15, 0.2) is 0 Å². The number of rotatable bonds is 2. The van der Waals surface area contributed by atoms with Gasteiger partial charge in [0.1, 0.15) is 0 Å². The lowest BCUT2D eigenvalue weighted by molar-refractivity contribution is 0.232. The molecule has 1 nitrogen and oxygen atoms in total. The second-order valence-electron chi connectivity index (χ2n) is 7.37. The van der Waals surface area contributed by atoms with Gasteiger partial charge in [0.25, 0.3) is 0 Å². The minimum atomic E-state index is 0.412. The molecule has 1 saturated carbocycles. The van der Waals surface area contributed by atoms with Crippen LogP contribution in [0, 0.1) is 5.92 Å². The van der Waals surface area contributed by atoms with Gasteiger partial charge >= 0.3 is 0 Å². The van der Waals surface area contributed by atoms with Crippen LogP contribution in [0.25, 0.3) is 5.57 Å². The Bertz CT molecular complexity index is 556. The summed E-state index contributed by atoms with van der Waals surface area (Å²) >= 11 is 6.35. The van der Waals surface area contributed by atoms with Crippen molar-refractivity contribution in [3.63, 3.8) is 0 Å². The molecule has 2 unspecified atom stereocenters. The van der Waals surface area contributed by atoms with Crippen LogP contribution in [0.3, 0.4) is 0 Å². The van der Waals surface area contributed by atoms with E-state index in [1.807, 2.05) is 0 Å². The summed E-state index contributed by atoms with van der Waals surface area (Å²) in [6.45, 7) is 0. The molecule has 0 radical (unpaired) electrons. The zero-order chi connectivity index (χ0) is 15.1. The van der Waals surface area contributed by atoms with Gasteiger partial charge in [-0.25, -0.2) is 0 Å². The number of nitrogens with zero attached hydrogens (tertiary/aromatic N) is 1. The van der Waals surface area contributed by atoms with Crippen molar-refractivity contribution in [2.75, 3.05) is 7.05 Å². The largest absolute Gasteiger partial charge is 0.296 e. The van der Waals surface area contributed by atoms with Crippen molar-refractivity contribution >= 4 is 17.2 Å². The summed E-state index contributed by atoms with van der Waals surface area (Å²) < 4.78 is 0. The average molecular weight is 316 g/mol. The number of hydrogen-bond donors (Lipinski definition) is 0. The van der Waals surface area contributed by atoms with E-state index in [1.165, 1.54) is 50.5 Å². The maximum atomic E-state index is 6.35. The lowest BCUT2D eigenvalue weighted by Gasteiger charge is -2.40. The van der Waals surface area contributed by atoms with Gasteiger partial charge in [-0.3, -0.25) is 4.90 Å². The standard InChI is InChI=1S/C20H26ClN/c1-22-17-11-12-19(22)20(15-7-9-16(21)10-8-15)18(13-17)14-5-3-2-4-6-14/h2-6,15-17,19H,7-13H2,1H3. The summed E-state index contributed by atoms with van der Waals surface area (Å²) in [7, 11) is 2.34. The smallest absolute Gasteiger partial charge is 0.0336 e. The molecule has 1 aromatic carbocycles. The second-order valence-corrected chi connectivity index (χ2v) is 7.98. The van der Waals surface area contributed by atoms with E-state index in [2.05, 4.69) is 42.3 Å². The van der Waals surface area contributed by atoms with Crippen molar-refractivity contribution in [1.29, 1.82) is 0 Å². The molecular weight excluding hydrogens is 290 g/mol. The molecule has 0 aromatic heterocycles. The van der Waals surface area contributed by atoms with E-state index >= 15 is 0 Å². The van der Waals surface area contributed by atoms with Crippen LogP contribution in [0.5, 0.6) is 0 Å². The molecule has 1 aromatic rings. The third kappa shape index (κ3) is 2.53. The molecule has 1 aliphatic carbocycles. The van der Waals surface area contributed by atoms with Crippen LogP contribution >= 0.6 is 11.6 Å². The Hall–Kier alpha value is -0.790. The van der Waals surface area contributed by atoms with Crippen molar-refractivity contribution in [2.24, 2.45) is 5.92 Å². The molecule has 0 N–H and O–H groups in total. The number of alkyl halides is 1. The van der Waals surface area contributed by atoms with E-state index in [0.717, 1.165) is 12.0 Å². The van der Waals surface area contributed by atoms with Crippen LogP contribution in [-0.4, -0.2) is 29.4 Å². The Morgan fingerprint density at radius 3 is 2.41 bits per heavy atom. The minimum Gasteiger partial charge on any atom is -0.296 e. The number of hydrogen-bond acceptors (Lipinski definition) is 1. The third-order valence-electron chi connectivity index (χ3n) is 6.21. The Labute approximate surface area is 139 Å². The highest BCUT2D eigenvalue weighted by Gasteiger charge is 2.42. The monoisotopic (exact) mass is 315 g/mol. The molecule has 2 atom stereocenters. The molecule has 3 aliphatic rings. The predicted octanol–water partition coefficient (Wildman–Crippen LogP) is 5.10. The summed E-state index contributed by atoms with van der Waals surface area (Å²) in [4.78, 5) is 2.66. The van der Waals surface area contributed by atoms with Crippen LogP contribution in [0.2, 0.25) is 0 Å². The SMILES string of the molecule is CN1C2CCC1C(C1CCC(Cl)CC1)=C(c1ccccc1)C2. The molecule has 0 spiro atoms. The fraction of sp³-hybridized carbons (Fsp3) is 0.600. The van der Waals surface area contributed by atoms with Gasteiger partial charge in [0.05, 0.1) is 0 Å². The summed E-state index contributed by atoms with van der Waals surface area (Å²) in [6.07, 6.45) is 8.92. The molecule has 2 aliphatic heterocycles. The van der Waals surface area contributed by atoms with E-state index < -0.39 is 0 Å². The molecule has 1 saturated heterocycles. The van der Waals surface area contributed by atoms with Crippen LogP contribution < -0.4 is 0 Å². The van der Waals surface area contributed by atoms with Gasteiger partial charge in [-0.15, -0.1) is 11.6 Å². The minimum absolute atomic E-state index is 0.412. The normalized spacial score (nSPS) is 35.9. The Morgan fingerprint density at radius 1 is 0.955 bits per heavy atom. The maximum Gasteiger partial charge on any atom is 0.0336 e. The van der Waals surface area contributed by atoms with Gasteiger partial charge < -0.3 is 0 Å². The van der Waals surface area contributed by atoms with Gasteiger partial charge in [0.2, 0.25) is 0 Å². The average Bonchev–Trinajstić information content (AvgIpc) is 2.79. The third-order valence-corrected chi connectivity index (χ3v) is 6.64. The van der Waals surface area contributed by atoms with Crippen molar-refractivity contribution < 1.29 is 0 Å². The van der Waals surface area contributed by atoms with E-state index in [9.17, 15) is 0 Å². The van der Waals surface area contributed by atoms with Crippen molar-refractivity contribution in [3.8, 4) is 0 Å². The van der Waals surface area contributed by atoms with Gasteiger partial charge in [-0.2, -0.15) is 0 Å². The highest BCUT2D eigenvalue weighted by atomic mass is 35.5.